The number of benzene rings is 1. The second-order valence-electron chi connectivity index (χ2n) is 4.46. The Labute approximate surface area is 133 Å². The lowest BCUT2D eigenvalue weighted by Crippen LogP contribution is -2.28. The summed E-state index contributed by atoms with van der Waals surface area (Å²) in [6.45, 7) is 1.49. The van der Waals surface area contributed by atoms with E-state index in [1.165, 1.54) is 14.0 Å². The minimum absolute atomic E-state index is 0.0840. The van der Waals surface area contributed by atoms with Gasteiger partial charge >= 0.3 is 5.97 Å². The lowest BCUT2D eigenvalue weighted by Gasteiger charge is -2.18. The van der Waals surface area contributed by atoms with E-state index < -0.39 is 17.6 Å². The van der Waals surface area contributed by atoms with Gasteiger partial charge in [0.25, 0.3) is 5.91 Å². The molecule has 2 amide bonds. The van der Waals surface area contributed by atoms with Crippen molar-refractivity contribution in [3.8, 4) is 0 Å². The first-order chi connectivity index (χ1) is 10.9. The Bertz CT molecular complexity index is 609. The van der Waals surface area contributed by atoms with Crippen LogP contribution < -0.4 is 5.32 Å². The maximum atomic E-state index is 11.9. The molecule has 1 aromatic carbocycles. The summed E-state index contributed by atoms with van der Waals surface area (Å²) in [6.07, 6.45) is 0.709. The molecule has 0 aromatic heterocycles. The van der Waals surface area contributed by atoms with Crippen molar-refractivity contribution in [1.29, 1.82) is 0 Å². The summed E-state index contributed by atoms with van der Waals surface area (Å²) in [7, 11) is 2.37. The third-order valence-electron chi connectivity index (χ3n) is 2.72. The summed E-state index contributed by atoms with van der Waals surface area (Å²) < 4.78 is 4.29. The molecule has 2 N–H and O–H groups in total. The first-order valence-corrected chi connectivity index (χ1v) is 6.58. The van der Waals surface area contributed by atoms with Gasteiger partial charge in [-0.3, -0.25) is 14.4 Å². The minimum atomic E-state index is -1.02. The van der Waals surface area contributed by atoms with Gasteiger partial charge < -0.3 is 15.2 Å². The number of carbonyl (C=O) groups is 3. The Morgan fingerprint density at radius 1 is 1.22 bits per heavy atom. The molecule has 0 saturated heterocycles. The van der Waals surface area contributed by atoms with Gasteiger partial charge in [-0.2, -0.15) is 0 Å². The number of carbonyl (C=O) groups excluding carboxylic acids is 3. The van der Waals surface area contributed by atoms with Crippen molar-refractivity contribution in [2.45, 2.75) is 13.5 Å². The van der Waals surface area contributed by atoms with E-state index >= 15 is 0 Å². The van der Waals surface area contributed by atoms with Crippen molar-refractivity contribution in [1.82, 2.24) is 5.06 Å². The van der Waals surface area contributed by atoms with Gasteiger partial charge in [-0.15, -0.1) is 0 Å². The average molecular weight is 322 g/mol. The monoisotopic (exact) mass is 322 g/mol. The minimum Gasteiger partial charge on any atom is -0.502 e. The second-order valence-corrected chi connectivity index (χ2v) is 4.46. The van der Waals surface area contributed by atoms with E-state index in [1.807, 2.05) is 0 Å². The van der Waals surface area contributed by atoms with Crippen molar-refractivity contribution < 1.29 is 29.1 Å². The molecule has 1 aromatic rings. The highest BCUT2D eigenvalue weighted by Crippen LogP contribution is 2.12. The Morgan fingerprint density at radius 2 is 1.83 bits per heavy atom. The molecule has 1 rings (SSSR count). The van der Waals surface area contributed by atoms with E-state index in [1.54, 1.807) is 24.3 Å². The number of ether oxygens (including phenoxy) is 1. The summed E-state index contributed by atoms with van der Waals surface area (Å²) in [4.78, 5) is 38.9. The molecule has 8 heteroatoms. The Hall–Kier alpha value is -2.87. The number of rotatable bonds is 6. The van der Waals surface area contributed by atoms with Crippen LogP contribution in [0.15, 0.2) is 36.1 Å². The fourth-order valence-electron chi connectivity index (χ4n) is 1.65. The van der Waals surface area contributed by atoms with Crippen LogP contribution in [-0.2, 0) is 30.5 Å². The van der Waals surface area contributed by atoms with Crippen LogP contribution in [0.5, 0.6) is 0 Å². The zero-order valence-electron chi connectivity index (χ0n) is 13.0. The molecule has 0 radical (unpaired) electrons. The first kappa shape index (κ1) is 18.2. The predicted octanol–water partition coefficient (Wildman–Crippen LogP) is 1.15. The summed E-state index contributed by atoms with van der Waals surface area (Å²) in [5.74, 6) is -2.74. The van der Waals surface area contributed by atoms with E-state index in [4.69, 9.17) is 4.84 Å². The standard InChI is InChI=1S/C15H18N2O6/c1-10(18)16-12-6-4-11(5-7-12)9-17(23-3)14(20)8-13(19)15(21)22-2/h4-8,19H,9H2,1-3H3,(H,16,18)/b13-8-. The van der Waals surface area contributed by atoms with Gasteiger partial charge in [-0.05, 0) is 17.7 Å². The molecule has 0 aliphatic heterocycles. The lowest BCUT2D eigenvalue weighted by atomic mass is 10.2. The SMILES string of the molecule is COC(=O)/C(O)=C/C(=O)N(Cc1ccc(NC(C)=O)cc1)OC. The molecule has 0 unspecified atom stereocenters. The maximum absolute atomic E-state index is 11.9. The van der Waals surface area contributed by atoms with Gasteiger partial charge in [-0.25, -0.2) is 9.86 Å². The quantitative estimate of drug-likeness (QED) is 0.352. The van der Waals surface area contributed by atoms with E-state index in [-0.39, 0.29) is 12.5 Å². The van der Waals surface area contributed by atoms with Crippen LogP contribution in [0.2, 0.25) is 0 Å². The molecule has 0 heterocycles. The molecule has 8 nitrogen and oxygen atoms in total. The Balaban J connectivity index is 2.77. The van der Waals surface area contributed by atoms with Crippen LogP contribution >= 0.6 is 0 Å². The van der Waals surface area contributed by atoms with Crippen LogP contribution in [0.25, 0.3) is 0 Å². The van der Waals surface area contributed by atoms with E-state index in [9.17, 15) is 19.5 Å². The fraction of sp³-hybridized carbons (Fsp3) is 0.267. The van der Waals surface area contributed by atoms with Gasteiger partial charge in [-0.1, -0.05) is 12.1 Å². The number of esters is 1. The number of nitrogens with zero attached hydrogens (tertiary/aromatic N) is 1. The van der Waals surface area contributed by atoms with Crippen molar-refractivity contribution >= 4 is 23.5 Å². The van der Waals surface area contributed by atoms with Gasteiger partial charge in [0.05, 0.1) is 26.8 Å². The summed E-state index contributed by atoms with van der Waals surface area (Å²) >= 11 is 0. The van der Waals surface area contributed by atoms with Gasteiger partial charge in [0.2, 0.25) is 11.7 Å². The Morgan fingerprint density at radius 3 is 2.30 bits per heavy atom. The summed E-state index contributed by atoms with van der Waals surface area (Å²) in [5.41, 5.74) is 1.35. The number of hydrogen-bond donors (Lipinski definition) is 2. The number of nitrogens with one attached hydrogen (secondary N) is 1. The molecule has 0 saturated carbocycles. The van der Waals surface area contributed by atoms with Crippen molar-refractivity contribution in [2.75, 3.05) is 19.5 Å². The van der Waals surface area contributed by atoms with Crippen LogP contribution in [0, 0.1) is 0 Å². The zero-order valence-corrected chi connectivity index (χ0v) is 13.0. The highest BCUT2D eigenvalue weighted by Gasteiger charge is 2.16. The van der Waals surface area contributed by atoms with E-state index in [0.29, 0.717) is 11.8 Å². The summed E-state index contributed by atoms with van der Waals surface area (Å²) in [6, 6.07) is 6.76. The molecule has 0 fully saturated rings. The molecule has 0 bridgehead atoms. The zero-order chi connectivity index (χ0) is 17.4. The fourth-order valence-corrected chi connectivity index (χ4v) is 1.65. The van der Waals surface area contributed by atoms with Gasteiger partial charge in [0.1, 0.15) is 0 Å². The molecular formula is C15H18N2O6. The molecule has 23 heavy (non-hydrogen) atoms. The highest BCUT2D eigenvalue weighted by atomic mass is 16.7. The normalized spacial score (nSPS) is 10.8. The number of hydroxylamine groups is 2. The maximum Gasteiger partial charge on any atom is 0.373 e. The first-order valence-electron chi connectivity index (χ1n) is 6.58. The largest absolute Gasteiger partial charge is 0.502 e. The topological polar surface area (TPSA) is 105 Å². The molecule has 0 aliphatic rings. The number of amides is 2. The smallest absolute Gasteiger partial charge is 0.373 e. The van der Waals surface area contributed by atoms with Gasteiger partial charge in [0.15, 0.2) is 0 Å². The number of hydrogen-bond acceptors (Lipinski definition) is 6. The molecule has 0 atom stereocenters. The van der Waals surface area contributed by atoms with Crippen molar-refractivity contribution in [2.24, 2.45) is 0 Å². The molecule has 0 aliphatic carbocycles. The van der Waals surface area contributed by atoms with Gasteiger partial charge in [0, 0.05) is 12.6 Å². The van der Waals surface area contributed by atoms with E-state index in [0.717, 1.165) is 17.7 Å². The average Bonchev–Trinajstić information content (AvgIpc) is 2.52. The lowest BCUT2D eigenvalue weighted by molar-refractivity contribution is -0.173. The van der Waals surface area contributed by atoms with Crippen molar-refractivity contribution in [3.05, 3.63) is 41.7 Å². The van der Waals surface area contributed by atoms with Crippen LogP contribution in [-0.4, -0.2) is 42.2 Å². The van der Waals surface area contributed by atoms with Crippen LogP contribution in [0.3, 0.4) is 0 Å². The highest BCUT2D eigenvalue weighted by molar-refractivity contribution is 5.96. The number of anilines is 1. The van der Waals surface area contributed by atoms with Crippen LogP contribution in [0.1, 0.15) is 12.5 Å². The third-order valence-corrected chi connectivity index (χ3v) is 2.72. The van der Waals surface area contributed by atoms with Crippen molar-refractivity contribution in [3.63, 3.8) is 0 Å². The second kappa shape index (κ2) is 8.54. The summed E-state index contributed by atoms with van der Waals surface area (Å²) in [5, 5.41) is 12.9. The van der Waals surface area contributed by atoms with E-state index in [2.05, 4.69) is 10.1 Å². The Kier molecular flexibility index (Phi) is 6.75. The third kappa shape index (κ3) is 5.79. The number of aliphatic hydroxyl groups excluding tert-OH is 1. The number of methoxy groups -OCH3 is 1. The molecular weight excluding hydrogens is 304 g/mol. The molecule has 124 valence electrons. The van der Waals surface area contributed by atoms with Crippen LogP contribution in [0.4, 0.5) is 5.69 Å². The molecule has 0 spiro atoms. The number of aliphatic hydroxyl groups is 1. The predicted molar refractivity (Wildman–Crippen MR) is 81.0 cm³/mol.